The van der Waals surface area contributed by atoms with E-state index >= 15 is 0 Å². The molecule has 1 heterocycles. The van der Waals surface area contributed by atoms with E-state index in [4.69, 9.17) is 0 Å². The number of rotatable bonds is 4. The SMILES string of the molecule is C1CSSSSN1.CCSCCSS. The third kappa shape index (κ3) is 14.4. The van der Waals surface area contributed by atoms with Gasteiger partial charge in [-0.25, -0.2) is 0 Å². The van der Waals surface area contributed by atoms with Crippen molar-refractivity contribution in [2.24, 2.45) is 0 Å². The predicted molar refractivity (Wildman–Crippen MR) is 87.7 cm³/mol. The summed E-state index contributed by atoms with van der Waals surface area (Å²) in [6.07, 6.45) is 0. The van der Waals surface area contributed by atoms with Crippen LogP contribution < -0.4 is 4.72 Å². The molecule has 0 radical (unpaired) electrons. The first-order valence-corrected chi connectivity index (χ1v) is 12.3. The van der Waals surface area contributed by atoms with Crippen LogP contribution in [0, 0.1) is 0 Å². The first-order valence-electron chi connectivity index (χ1n) is 4.10. The molecule has 1 aliphatic heterocycles. The molecule has 0 unspecified atom stereocenters. The van der Waals surface area contributed by atoms with E-state index in [1.54, 1.807) is 31.6 Å². The minimum Gasteiger partial charge on any atom is -0.253 e. The lowest BCUT2D eigenvalue weighted by atomic mass is 10.8. The largest absolute Gasteiger partial charge is 0.253 e. The van der Waals surface area contributed by atoms with E-state index in [1.807, 2.05) is 32.4 Å². The van der Waals surface area contributed by atoms with Crippen molar-refractivity contribution in [1.82, 2.24) is 4.72 Å². The second-order valence-corrected chi connectivity index (χ2v) is 10.6. The average molecular weight is 326 g/mol. The topological polar surface area (TPSA) is 12.0 Å². The normalized spacial score (nSPS) is 16.7. The molecule has 1 nitrogen and oxygen atoms in total. The van der Waals surface area contributed by atoms with Gasteiger partial charge in [0.05, 0.1) is 0 Å². The van der Waals surface area contributed by atoms with Crippen LogP contribution in [0.5, 0.6) is 0 Å². The van der Waals surface area contributed by atoms with E-state index < -0.39 is 0 Å². The van der Waals surface area contributed by atoms with Crippen LogP contribution in [0.1, 0.15) is 6.92 Å². The molecule has 14 heavy (non-hydrogen) atoms. The Morgan fingerprint density at radius 2 is 2.21 bits per heavy atom. The Morgan fingerprint density at radius 3 is 2.93 bits per heavy atom. The van der Waals surface area contributed by atoms with Gasteiger partial charge < -0.3 is 0 Å². The molecule has 1 aliphatic rings. The molecule has 0 amide bonds. The molecule has 0 aromatic heterocycles. The Morgan fingerprint density at radius 1 is 1.36 bits per heavy atom. The molecule has 8 heteroatoms. The summed E-state index contributed by atoms with van der Waals surface area (Å²) in [5, 5.41) is 0. The molecule has 0 aromatic carbocycles. The minimum atomic E-state index is 1.13. The standard InChI is InChI=1S/C4H10S3.C2H5NS4/c1-2-6-3-4-7-5;1-2-4-6-7-5-3-1/h5H,2-4H2,1H3;3H,1-2H2. The number of nitrogens with one attached hydrogen (secondary N) is 1. The quantitative estimate of drug-likeness (QED) is 0.337. The van der Waals surface area contributed by atoms with Gasteiger partial charge in [0.25, 0.3) is 0 Å². The average Bonchev–Trinajstić information content (AvgIpc) is 2.51. The van der Waals surface area contributed by atoms with Crippen LogP contribution in [-0.4, -0.2) is 29.6 Å². The Balaban J connectivity index is 0.000000241. The summed E-state index contributed by atoms with van der Waals surface area (Å²) >= 11 is 5.96. The second kappa shape index (κ2) is 15.4. The van der Waals surface area contributed by atoms with Crippen LogP contribution in [0.4, 0.5) is 0 Å². The third-order valence-electron chi connectivity index (χ3n) is 0.979. The zero-order valence-electron chi connectivity index (χ0n) is 7.93. The highest BCUT2D eigenvalue weighted by atomic mass is 33.7. The molecule has 1 fully saturated rings. The fourth-order valence-corrected chi connectivity index (χ4v) is 7.38. The van der Waals surface area contributed by atoms with Crippen LogP contribution in [0.2, 0.25) is 0 Å². The van der Waals surface area contributed by atoms with Gasteiger partial charge in [-0.2, -0.15) is 11.8 Å². The van der Waals surface area contributed by atoms with Crippen molar-refractivity contribution in [3.63, 3.8) is 0 Å². The summed E-state index contributed by atoms with van der Waals surface area (Å²) in [6, 6.07) is 0. The summed E-state index contributed by atoms with van der Waals surface area (Å²) in [7, 11) is 8.90. The lowest BCUT2D eigenvalue weighted by Gasteiger charge is -1.90. The molecule has 1 saturated heterocycles. The van der Waals surface area contributed by atoms with Crippen LogP contribution >= 0.6 is 75.6 Å². The van der Waals surface area contributed by atoms with Crippen molar-refractivity contribution in [3.05, 3.63) is 0 Å². The van der Waals surface area contributed by atoms with Crippen molar-refractivity contribution in [3.8, 4) is 0 Å². The lowest BCUT2D eigenvalue weighted by Crippen LogP contribution is -2.03. The highest BCUT2D eigenvalue weighted by Gasteiger charge is 1.96. The minimum absolute atomic E-state index is 1.13. The van der Waals surface area contributed by atoms with Gasteiger partial charge in [-0.1, -0.05) is 28.5 Å². The molecule has 0 atom stereocenters. The zero-order valence-corrected chi connectivity index (χ0v) is 13.7. The fraction of sp³-hybridized carbons (Fsp3) is 1.00. The van der Waals surface area contributed by atoms with E-state index in [1.165, 1.54) is 23.0 Å². The summed E-state index contributed by atoms with van der Waals surface area (Å²) in [6.45, 7) is 3.31. The molecule has 0 bridgehead atoms. The first kappa shape index (κ1) is 16.4. The van der Waals surface area contributed by atoms with Crippen LogP contribution in [0.25, 0.3) is 0 Å². The number of hydrogen-bond donors (Lipinski definition) is 2. The smallest absolute Gasteiger partial charge is 0.0180 e. The van der Waals surface area contributed by atoms with Crippen molar-refractivity contribution in [1.29, 1.82) is 0 Å². The molecule has 86 valence electrons. The molecule has 0 spiro atoms. The number of thiol groups is 1. The lowest BCUT2D eigenvalue weighted by molar-refractivity contribution is 1.06. The number of hydrogen-bond acceptors (Lipinski definition) is 8. The van der Waals surface area contributed by atoms with E-state index in [0.717, 1.165) is 6.54 Å². The van der Waals surface area contributed by atoms with Gasteiger partial charge in [-0.3, -0.25) is 4.72 Å². The third-order valence-corrected chi connectivity index (χ3v) is 8.98. The van der Waals surface area contributed by atoms with E-state index in [2.05, 4.69) is 23.3 Å². The van der Waals surface area contributed by atoms with Gasteiger partial charge >= 0.3 is 0 Å². The molecular weight excluding hydrogens is 311 g/mol. The molecular formula is C6H15NS7. The fourth-order valence-electron chi connectivity index (χ4n) is 0.457. The maximum atomic E-state index is 4.00. The maximum Gasteiger partial charge on any atom is 0.0180 e. The van der Waals surface area contributed by atoms with E-state index in [9.17, 15) is 0 Å². The highest BCUT2D eigenvalue weighted by Crippen LogP contribution is 2.42. The second-order valence-electron chi connectivity index (χ2n) is 1.97. The van der Waals surface area contributed by atoms with Gasteiger partial charge in [0, 0.05) is 44.6 Å². The number of thioether (sulfide) groups is 1. The van der Waals surface area contributed by atoms with Gasteiger partial charge in [0.1, 0.15) is 0 Å². The summed E-state index contributed by atoms with van der Waals surface area (Å²) in [5.41, 5.74) is 0. The Kier molecular flexibility index (Phi) is 18.1. The molecule has 0 aliphatic carbocycles. The molecule has 1 N–H and O–H groups in total. The van der Waals surface area contributed by atoms with Crippen LogP contribution in [0.3, 0.4) is 0 Å². The van der Waals surface area contributed by atoms with Gasteiger partial charge in [0.15, 0.2) is 0 Å². The molecule has 0 saturated carbocycles. The van der Waals surface area contributed by atoms with Crippen molar-refractivity contribution < 1.29 is 0 Å². The Bertz CT molecular complexity index is 80.5. The predicted octanol–water partition coefficient (Wildman–Crippen LogP) is 4.50. The summed E-state index contributed by atoms with van der Waals surface area (Å²) < 4.78 is 3.19. The van der Waals surface area contributed by atoms with Gasteiger partial charge in [0.2, 0.25) is 0 Å². The molecule has 1 rings (SSSR count). The van der Waals surface area contributed by atoms with Crippen molar-refractivity contribution >= 4 is 75.6 Å². The molecule has 0 aromatic rings. The van der Waals surface area contributed by atoms with Crippen LogP contribution in [-0.2, 0) is 0 Å². The first-order chi connectivity index (χ1) is 6.91. The van der Waals surface area contributed by atoms with Gasteiger partial charge in [-0.15, -0.1) is 11.7 Å². The van der Waals surface area contributed by atoms with E-state index in [0.29, 0.717) is 0 Å². The van der Waals surface area contributed by atoms with Crippen molar-refractivity contribution in [2.75, 3.05) is 29.6 Å². The summed E-state index contributed by atoms with van der Waals surface area (Å²) in [5.74, 6) is 4.87. The van der Waals surface area contributed by atoms with Crippen LogP contribution in [0.15, 0.2) is 0 Å². The zero-order chi connectivity index (χ0) is 10.5. The van der Waals surface area contributed by atoms with Crippen molar-refractivity contribution in [2.45, 2.75) is 6.92 Å². The Hall–Kier alpha value is 2.41. The summed E-state index contributed by atoms with van der Waals surface area (Å²) in [4.78, 5) is 0. The maximum absolute atomic E-state index is 4.00. The van der Waals surface area contributed by atoms with Gasteiger partial charge in [-0.05, 0) is 15.6 Å². The van der Waals surface area contributed by atoms with E-state index in [-0.39, 0.29) is 0 Å². The highest BCUT2D eigenvalue weighted by molar-refractivity contribution is 9.26. The Labute approximate surface area is 116 Å². The monoisotopic (exact) mass is 325 g/mol.